The highest BCUT2D eigenvalue weighted by molar-refractivity contribution is 8.00. The zero-order valence-electron chi connectivity index (χ0n) is 13.3. The number of carbonyl (C=O) groups is 2. The number of nitrogens with one attached hydrogen (secondary N) is 1. The summed E-state index contributed by atoms with van der Waals surface area (Å²) in [5, 5.41) is 13.4. The van der Waals surface area contributed by atoms with E-state index in [1.165, 1.54) is 23.0 Å². The van der Waals surface area contributed by atoms with Gasteiger partial charge in [-0.15, -0.1) is 11.3 Å². The van der Waals surface area contributed by atoms with Crippen LogP contribution in [0.5, 0.6) is 0 Å². The van der Waals surface area contributed by atoms with Crippen LogP contribution in [0.4, 0.5) is 0 Å². The molecule has 23 heavy (non-hydrogen) atoms. The van der Waals surface area contributed by atoms with E-state index in [1.807, 2.05) is 20.8 Å². The lowest BCUT2D eigenvalue weighted by Gasteiger charge is -2.13. The van der Waals surface area contributed by atoms with Crippen LogP contribution in [0.15, 0.2) is 11.4 Å². The molecule has 0 radical (unpaired) electrons. The third-order valence-electron chi connectivity index (χ3n) is 3.48. The van der Waals surface area contributed by atoms with Gasteiger partial charge in [-0.3, -0.25) is 4.79 Å². The number of amides is 1. The minimum absolute atomic E-state index is 0.133. The summed E-state index contributed by atoms with van der Waals surface area (Å²) in [5.41, 5.74) is 1.13. The van der Waals surface area contributed by atoms with E-state index >= 15 is 0 Å². The number of carboxylic acids is 1. The maximum atomic E-state index is 12.0. The molecule has 2 heterocycles. The second kappa shape index (κ2) is 7.74. The number of hydrogen-bond donors (Lipinski definition) is 2. The molecule has 0 aliphatic heterocycles. The van der Waals surface area contributed by atoms with E-state index in [0.29, 0.717) is 12.8 Å². The lowest BCUT2D eigenvalue weighted by Crippen LogP contribution is -2.41. The lowest BCUT2D eigenvalue weighted by atomic mass is 10.2. The highest BCUT2D eigenvalue weighted by Gasteiger charge is 2.19. The van der Waals surface area contributed by atoms with E-state index in [2.05, 4.69) is 15.3 Å². The quantitative estimate of drug-likeness (QED) is 0.587. The first-order valence-electron chi connectivity index (χ1n) is 7.29. The Balaban J connectivity index is 2.06. The molecule has 8 heteroatoms. The highest BCUT2D eigenvalue weighted by Crippen LogP contribution is 2.34. The van der Waals surface area contributed by atoms with Crippen molar-refractivity contribution in [2.24, 2.45) is 0 Å². The number of rotatable bonds is 7. The Morgan fingerprint density at radius 2 is 2.13 bits per heavy atom. The van der Waals surface area contributed by atoms with Gasteiger partial charge in [-0.2, -0.15) is 0 Å². The molecule has 0 bridgehead atoms. The van der Waals surface area contributed by atoms with Crippen LogP contribution in [0, 0.1) is 13.8 Å². The van der Waals surface area contributed by atoms with Gasteiger partial charge in [0.2, 0.25) is 5.91 Å². The number of nitrogens with zero attached hydrogens (tertiary/aromatic N) is 2. The predicted molar refractivity (Wildman–Crippen MR) is 92.1 cm³/mol. The van der Waals surface area contributed by atoms with Gasteiger partial charge in [0.1, 0.15) is 22.2 Å². The van der Waals surface area contributed by atoms with Gasteiger partial charge in [-0.25, -0.2) is 14.8 Å². The Morgan fingerprint density at radius 3 is 2.78 bits per heavy atom. The van der Waals surface area contributed by atoms with Crippen molar-refractivity contribution in [3.05, 3.63) is 16.8 Å². The van der Waals surface area contributed by atoms with Gasteiger partial charge in [-0.1, -0.05) is 25.1 Å². The number of thioether (sulfide) groups is 1. The fraction of sp³-hybridized carbons (Fsp3) is 0.467. The van der Waals surface area contributed by atoms with Crippen LogP contribution >= 0.6 is 23.1 Å². The number of aromatic nitrogens is 2. The molecule has 2 rings (SSSR count). The number of aryl methyl sites for hydroxylation is 2. The maximum absolute atomic E-state index is 12.0. The lowest BCUT2D eigenvalue weighted by molar-refractivity contribution is -0.141. The van der Waals surface area contributed by atoms with Gasteiger partial charge in [0.25, 0.3) is 0 Å². The summed E-state index contributed by atoms with van der Waals surface area (Å²) in [5.74, 6) is -1.17. The molecule has 1 atom stereocenters. The molecule has 0 aromatic carbocycles. The summed E-state index contributed by atoms with van der Waals surface area (Å²) in [6.07, 6.45) is 2.62. The van der Waals surface area contributed by atoms with E-state index in [0.717, 1.165) is 20.8 Å². The molecule has 124 valence electrons. The van der Waals surface area contributed by atoms with Crippen LogP contribution in [-0.2, 0) is 9.59 Å². The average molecular weight is 353 g/mol. The van der Waals surface area contributed by atoms with E-state index in [1.54, 1.807) is 11.3 Å². The van der Waals surface area contributed by atoms with Crippen molar-refractivity contribution in [3.63, 3.8) is 0 Å². The van der Waals surface area contributed by atoms with Crippen molar-refractivity contribution in [3.8, 4) is 0 Å². The SMILES string of the molecule is CCCC(NC(=O)CSc1ncnc2sc(C)c(C)c12)C(=O)O. The number of hydrogen-bond acceptors (Lipinski definition) is 6. The van der Waals surface area contributed by atoms with Gasteiger partial charge in [0.05, 0.1) is 5.75 Å². The van der Waals surface area contributed by atoms with E-state index < -0.39 is 12.0 Å². The fourth-order valence-electron chi connectivity index (χ4n) is 2.18. The van der Waals surface area contributed by atoms with Gasteiger partial charge in [0, 0.05) is 10.3 Å². The molecule has 2 N–H and O–H groups in total. The first kappa shape index (κ1) is 17.7. The molecule has 0 aliphatic rings. The molecule has 1 amide bonds. The molecule has 2 aromatic heterocycles. The van der Waals surface area contributed by atoms with Crippen LogP contribution in [0.25, 0.3) is 10.2 Å². The van der Waals surface area contributed by atoms with Crippen molar-refractivity contribution in [1.29, 1.82) is 0 Å². The molecule has 6 nitrogen and oxygen atoms in total. The number of carbonyl (C=O) groups excluding carboxylic acids is 1. The molecule has 1 unspecified atom stereocenters. The largest absolute Gasteiger partial charge is 0.480 e. The van der Waals surface area contributed by atoms with Gasteiger partial charge >= 0.3 is 5.97 Å². The minimum atomic E-state index is -1.00. The normalized spacial score (nSPS) is 12.3. The molecule has 2 aromatic rings. The molecular formula is C15H19N3O3S2. The monoisotopic (exact) mass is 353 g/mol. The first-order chi connectivity index (χ1) is 10.9. The molecule has 0 aliphatic carbocycles. The highest BCUT2D eigenvalue weighted by atomic mass is 32.2. The molecule has 0 fully saturated rings. The van der Waals surface area contributed by atoms with Crippen molar-refractivity contribution < 1.29 is 14.7 Å². The Morgan fingerprint density at radius 1 is 1.39 bits per heavy atom. The second-order valence-corrected chi connectivity index (χ2v) is 7.35. The Bertz CT molecular complexity index is 730. The Hall–Kier alpha value is -1.67. The zero-order valence-corrected chi connectivity index (χ0v) is 14.9. The molecular weight excluding hydrogens is 334 g/mol. The zero-order chi connectivity index (χ0) is 17.0. The van der Waals surface area contributed by atoms with Gasteiger partial charge < -0.3 is 10.4 Å². The van der Waals surface area contributed by atoms with Crippen LogP contribution in [0.1, 0.15) is 30.2 Å². The molecule has 0 saturated carbocycles. The van der Waals surface area contributed by atoms with Crippen LogP contribution in [-0.4, -0.2) is 38.7 Å². The maximum Gasteiger partial charge on any atom is 0.326 e. The smallest absolute Gasteiger partial charge is 0.326 e. The van der Waals surface area contributed by atoms with Crippen LogP contribution in [0.2, 0.25) is 0 Å². The van der Waals surface area contributed by atoms with Crippen molar-refractivity contribution in [1.82, 2.24) is 15.3 Å². The van der Waals surface area contributed by atoms with E-state index in [-0.39, 0.29) is 11.7 Å². The third-order valence-corrected chi connectivity index (χ3v) is 5.59. The summed E-state index contributed by atoms with van der Waals surface area (Å²) < 4.78 is 0. The standard InChI is InChI=1S/C15H19N3O3S2/c1-4-5-10(15(20)21)18-11(19)6-22-13-12-8(2)9(3)23-14(12)17-7-16-13/h7,10H,4-6H2,1-3H3,(H,18,19)(H,20,21). The van der Waals surface area contributed by atoms with E-state index in [4.69, 9.17) is 5.11 Å². The number of carboxylic acid groups (broad SMARTS) is 1. The Labute approximate surface area is 142 Å². The Kier molecular flexibility index (Phi) is 5.95. The molecule has 0 spiro atoms. The summed E-state index contributed by atoms with van der Waals surface area (Å²) in [7, 11) is 0. The number of thiophene rings is 1. The van der Waals surface area contributed by atoms with Crippen LogP contribution < -0.4 is 5.32 Å². The number of fused-ring (bicyclic) bond motifs is 1. The second-order valence-electron chi connectivity index (χ2n) is 5.18. The third kappa shape index (κ3) is 4.20. The molecule has 0 saturated heterocycles. The van der Waals surface area contributed by atoms with Crippen molar-refractivity contribution >= 4 is 45.2 Å². The number of aliphatic carboxylic acids is 1. The van der Waals surface area contributed by atoms with Crippen molar-refractivity contribution in [2.75, 3.05) is 5.75 Å². The van der Waals surface area contributed by atoms with E-state index in [9.17, 15) is 9.59 Å². The fourth-order valence-corrected chi connectivity index (χ4v) is 4.10. The van der Waals surface area contributed by atoms with Crippen molar-refractivity contribution in [2.45, 2.75) is 44.7 Å². The average Bonchev–Trinajstić information content (AvgIpc) is 2.80. The van der Waals surface area contributed by atoms with Gasteiger partial charge in [-0.05, 0) is 25.8 Å². The minimum Gasteiger partial charge on any atom is -0.480 e. The van der Waals surface area contributed by atoms with Gasteiger partial charge in [0.15, 0.2) is 0 Å². The summed E-state index contributed by atoms with van der Waals surface area (Å²) in [4.78, 5) is 33.7. The topological polar surface area (TPSA) is 92.2 Å². The predicted octanol–water partition coefficient (Wildman–Crippen LogP) is 2.77. The summed E-state index contributed by atoms with van der Waals surface area (Å²) in [6.45, 7) is 5.94. The van der Waals surface area contributed by atoms with Crippen LogP contribution in [0.3, 0.4) is 0 Å². The summed E-state index contributed by atoms with van der Waals surface area (Å²) >= 11 is 2.91. The first-order valence-corrected chi connectivity index (χ1v) is 9.09. The summed E-state index contributed by atoms with van der Waals surface area (Å²) in [6, 6.07) is -0.830.